The summed E-state index contributed by atoms with van der Waals surface area (Å²) in [6.07, 6.45) is 4.10. The van der Waals surface area contributed by atoms with Gasteiger partial charge in [-0.2, -0.15) is 0 Å². The molecule has 0 saturated heterocycles. The van der Waals surface area contributed by atoms with Crippen LogP contribution in [0.15, 0.2) is 53.4 Å². The number of nitrogens with zero attached hydrogens (tertiary/aromatic N) is 1. The number of halogens is 1. The molecule has 2 aromatic carbocycles. The Kier molecular flexibility index (Phi) is 8.84. The maximum atomic E-state index is 14.5. The summed E-state index contributed by atoms with van der Waals surface area (Å²) in [5.74, 6) is -0.816. The van der Waals surface area contributed by atoms with Crippen molar-refractivity contribution in [2.24, 2.45) is 5.92 Å². The monoisotopic (exact) mass is 434 g/mol. The van der Waals surface area contributed by atoms with E-state index in [-0.39, 0.29) is 10.6 Å². The zero-order valence-corrected chi connectivity index (χ0v) is 18.7. The van der Waals surface area contributed by atoms with E-state index in [9.17, 15) is 17.6 Å². The number of benzene rings is 2. The molecule has 0 aliphatic heterocycles. The van der Waals surface area contributed by atoms with Gasteiger partial charge in [-0.1, -0.05) is 62.9 Å². The van der Waals surface area contributed by atoms with Crippen molar-refractivity contribution in [3.63, 3.8) is 0 Å². The Labute approximate surface area is 179 Å². The van der Waals surface area contributed by atoms with Crippen LogP contribution in [0.3, 0.4) is 0 Å². The van der Waals surface area contributed by atoms with Crippen LogP contribution in [0.1, 0.15) is 45.1 Å². The Morgan fingerprint density at radius 2 is 1.77 bits per heavy atom. The summed E-state index contributed by atoms with van der Waals surface area (Å²) in [5, 5.41) is 2.83. The molecule has 7 heteroatoms. The fraction of sp³-hybridized carbons (Fsp3) is 0.435. The first-order chi connectivity index (χ1) is 14.3. The lowest BCUT2D eigenvalue weighted by Gasteiger charge is -2.25. The van der Waals surface area contributed by atoms with E-state index in [0.29, 0.717) is 12.5 Å². The van der Waals surface area contributed by atoms with Crippen LogP contribution in [-0.4, -0.2) is 27.4 Å². The molecule has 2 aromatic rings. The molecule has 1 amide bonds. The predicted molar refractivity (Wildman–Crippen MR) is 118 cm³/mol. The van der Waals surface area contributed by atoms with Gasteiger partial charge < -0.3 is 5.32 Å². The number of nitrogens with one attached hydrogen (secondary N) is 1. The van der Waals surface area contributed by atoms with Crippen LogP contribution in [0.4, 0.5) is 10.1 Å². The van der Waals surface area contributed by atoms with Gasteiger partial charge in [0.1, 0.15) is 12.4 Å². The number of para-hydroxylation sites is 1. The van der Waals surface area contributed by atoms with Gasteiger partial charge in [0, 0.05) is 6.54 Å². The molecule has 0 heterocycles. The van der Waals surface area contributed by atoms with E-state index in [1.54, 1.807) is 18.2 Å². The van der Waals surface area contributed by atoms with Crippen molar-refractivity contribution < 1.29 is 17.6 Å². The van der Waals surface area contributed by atoms with Gasteiger partial charge in [-0.25, -0.2) is 12.8 Å². The van der Waals surface area contributed by atoms with Gasteiger partial charge in [-0.05, 0) is 43.5 Å². The van der Waals surface area contributed by atoms with Crippen LogP contribution >= 0.6 is 0 Å². The third-order valence-electron chi connectivity index (χ3n) is 5.15. The second kappa shape index (κ2) is 11.1. The largest absolute Gasteiger partial charge is 0.354 e. The lowest BCUT2D eigenvalue weighted by molar-refractivity contribution is -0.119. The Bertz CT molecular complexity index is 930. The Balaban J connectivity index is 2.26. The molecular formula is C23H31FN2O3S. The number of rotatable bonds is 11. The zero-order valence-electron chi connectivity index (χ0n) is 17.9. The number of amides is 1. The molecule has 0 saturated carbocycles. The third-order valence-corrected chi connectivity index (χ3v) is 6.92. The van der Waals surface area contributed by atoms with Crippen LogP contribution in [0.2, 0.25) is 0 Å². The van der Waals surface area contributed by atoms with Crippen molar-refractivity contribution in [2.75, 3.05) is 17.4 Å². The van der Waals surface area contributed by atoms with Gasteiger partial charge in [0.25, 0.3) is 10.0 Å². The number of sulfonamides is 1. The molecule has 1 N–H and O–H groups in total. The minimum Gasteiger partial charge on any atom is -0.354 e. The normalized spacial score (nSPS) is 12.4. The fourth-order valence-electron chi connectivity index (χ4n) is 3.18. The number of hydrogen-bond donors (Lipinski definition) is 1. The number of carbonyl (C=O) groups is 1. The van der Waals surface area contributed by atoms with E-state index in [1.165, 1.54) is 30.3 Å². The van der Waals surface area contributed by atoms with Gasteiger partial charge in [-0.3, -0.25) is 9.10 Å². The average Bonchev–Trinajstić information content (AvgIpc) is 2.73. The summed E-state index contributed by atoms with van der Waals surface area (Å²) in [6.45, 7) is 6.03. The Hall–Kier alpha value is -2.41. The molecule has 1 atom stereocenters. The van der Waals surface area contributed by atoms with Crippen LogP contribution < -0.4 is 9.62 Å². The summed E-state index contributed by atoms with van der Waals surface area (Å²) in [4.78, 5) is 12.6. The highest BCUT2D eigenvalue weighted by molar-refractivity contribution is 7.92. The molecule has 2 rings (SSSR count). The smallest absolute Gasteiger partial charge is 0.264 e. The van der Waals surface area contributed by atoms with E-state index in [0.717, 1.165) is 35.6 Å². The van der Waals surface area contributed by atoms with Crippen LogP contribution in [-0.2, 0) is 14.8 Å². The minimum atomic E-state index is -4.11. The molecule has 0 aromatic heterocycles. The van der Waals surface area contributed by atoms with Crippen LogP contribution in [0.25, 0.3) is 0 Å². The molecule has 5 nitrogen and oxygen atoms in total. The van der Waals surface area contributed by atoms with Crippen molar-refractivity contribution in [3.8, 4) is 0 Å². The third kappa shape index (κ3) is 6.29. The second-order valence-electron chi connectivity index (χ2n) is 7.50. The summed E-state index contributed by atoms with van der Waals surface area (Å²) < 4.78 is 41.8. The number of anilines is 1. The van der Waals surface area contributed by atoms with E-state index >= 15 is 0 Å². The molecule has 0 bridgehead atoms. The van der Waals surface area contributed by atoms with Gasteiger partial charge in [0.05, 0.1) is 10.6 Å². The highest BCUT2D eigenvalue weighted by Crippen LogP contribution is 2.26. The lowest BCUT2D eigenvalue weighted by Crippen LogP contribution is -2.42. The Morgan fingerprint density at radius 1 is 1.10 bits per heavy atom. The summed E-state index contributed by atoms with van der Waals surface area (Å²) in [6, 6.07) is 11.9. The van der Waals surface area contributed by atoms with Crippen molar-refractivity contribution in [2.45, 2.75) is 51.3 Å². The van der Waals surface area contributed by atoms with E-state index in [4.69, 9.17) is 0 Å². The topological polar surface area (TPSA) is 66.5 Å². The summed E-state index contributed by atoms with van der Waals surface area (Å²) in [7, 11) is -4.11. The van der Waals surface area contributed by atoms with Gasteiger partial charge in [-0.15, -0.1) is 0 Å². The molecule has 0 fully saturated rings. The second-order valence-corrected chi connectivity index (χ2v) is 9.36. The molecule has 0 aliphatic carbocycles. The fourth-order valence-corrected chi connectivity index (χ4v) is 4.61. The van der Waals surface area contributed by atoms with Crippen molar-refractivity contribution in [1.29, 1.82) is 0 Å². The molecular weight excluding hydrogens is 403 g/mol. The molecule has 0 radical (unpaired) electrons. The van der Waals surface area contributed by atoms with Crippen molar-refractivity contribution in [1.82, 2.24) is 5.32 Å². The van der Waals surface area contributed by atoms with Crippen LogP contribution in [0, 0.1) is 18.7 Å². The quantitative estimate of drug-likeness (QED) is 0.559. The van der Waals surface area contributed by atoms with E-state index < -0.39 is 28.3 Å². The van der Waals surface area contributed by atoms with Gasteiger partial charge in [0.15, 0.2) is 0 Å². The summed E-state index contributed by atoms with van der Waals surface area (Å²) in [5.41, 5.74) is 0.757. The molecule has 0 aliphatic rings. The number of aryl methyl sites for hydroxylation is 1. The maximum Gasteiger partial charge on any atom is 0.264 e. The number of hydrogen-bond acceptors (Lipinski definition) is 3. The SMILES string of the molecule is CCCCC(CC)CNC(=O)CN(c1ccccc1F)S(=O)(=O)c1ccc(C)cc1. The van der Waals surface area contributed by atoms with E-state index in [1.807, 2.05) is 6.92 Å². The first-order valence-electron chi connectivity index (χ1n) is 10.4. The van der Waals surface area contributed by atoms with Gasteiger partial charge in [0.2, 0.25) is 5.91 Å². The van der Waals surface area contributed by atoms with Crippen molar-refractivity contribution >= 4 is 21.6 Å². The minimum absolute atomic E-state index is 0.0125. The van der Waals surface area contributed by atoms with E-state index in [2.05, 4.69) is 19.2 Å². The lowest BCUT2D eigenvalue weighted by atomic mass is 9.99. The van der Waals surface area contributed by atoms with Crippen LogP contribution in [0.5, 0.6) is 0 Å². The molecule has 0 spiro atoms. The summed E-state index contributed by atoms with van der Waals surface area (Å²) >= 11 is 0. The number of unbranched alkanes of at least 4 members (excludes halogenated alkanes) is 1. The highest BCUT2D eigenvalue weighted by Gasteiger charge is 2.29. The standard InChI is InChI=1S/C23H31FN2O3S/c1-4-6-9-19(5-2)16-25-23(27)17-26(22-11-8-7-10-21(22)24)30(28,29)20-14-12-18(3)13-15-20/h7-8,10-15,19H,4-6,9,16-17H2,1-3H3,(H,25,27). The first-order valence-corrected chi connectivity index (χ1v) is 11.8. The molecule has 30 heavy (non-hydrogen) atoms. The Morgan fingerprint density at radius 3 is 2.37 bits per heavy atom. The first kappa shape index (κ1) is 23.9. The van der Waals surface area contributed by atoms with Gasteiger partial charge >= 0.3 is 0 Å². The average molecular weight is 435 g/mol. The van der Waals surface area contributed by atoms with Crippen molar-refractivity contribution in [3.05, 3.63) is 59.9 Å². The maximum absolute atomic E-state index is 14.5. The molecule has 164 valence electrons. The predicted octanol–water partition coefficient (Wildman–Crippen LogP) is 4.66. The zero-order chi connectivity index (χ0) is 22.1. The highest BCUT2D eigenvalue weighted by atomic mass is 32.2. The molecule has 1 unspecified atom stereocenters. The number of carbonyl (C=O) groups excluding carboxylic acids is 1.